The van der Waals surface area contributed by atoms with E-state index in [1.54, 1.807) is 6.92 Å². The average molecular weight is 569 g/mol. The number of thioether (sulfide) groups is 1. The summed E-state index contributed by atoms with van der Waals surface area (Å²) < 4.78 is 18.8. The van der Waals surface area contributed by atoms with Crippen molar-refractivity contribution in [3.63, 3.8) is 0 Å². The normalized spacial score (nSPS) is 15.2. The Morgan fingerprint density at radius 1 is 0.927 bits per heavy atom. The van der Waals surface area contributed by atoms with E-state index in [0.717, 1.165) is 40.9 Å². The summed E-state index contributed by atoms with van der Waals surface area (Å²) in [4.78, 5) is 18.1. The Morgan fingerprint density at radius 3 is 2.41 bits per heavy atom. The lowest BCUT2D eigenvalue weighted by molar-refractivity contribution is -0.138. The summed E-state index contributed by atoms with van der Waals surface area (Å²) in [7, 11) is 0. The molecule has 0 amide bonds. The maximum absolute atomic E-state index is 12.9. The molecule has 0 saturated carbocycles. The van der Waals surface area contributed by atoms with Crippen LogP contribution in [0.2, 0.25) is 0 Å². The van der Waals surface area contributed by atoms with Crippen LogP contribution < -0.4 is 9.47 Å². The van der Waals surface area contributed by atoms with E-state index >= 15 is 0 Å². The summed E-state index contributed by atoms with van der Waals surface area (Å²) in [5, 5.41) is 12.6. The van der Waals surface area contributed by atoms with Gasteiger partial charge in [-0.15, -0.1) is 0 Å². The first-order chi connectivity index (χ1) is 20.1. The zero-order chi connectivity index (χ0) is 28.6. The number of benzene rings is 3. The van der Waals surface area contributed by atoms with Crippen molar-refractivity contribution in [3.8, 4) is 11.5 Å². The van der Waals surface area contributed by atoms with Gasteiger partial charge < -0.3 is 23.9 Å². The molecule has 5 rings (SSSR count). The second-order valence-corrected chi connectivity index (χ2v) is 10.2. The summed E-state index contributed by atoms with van der Waals surface area (Å²) in [5.41, 5.74) is 2.73. The molecule has 4 aromatic rings. The molecule has 1 N–H and O–H groups in total. The number of aliphatic hydroxyl groups excluding tert-OH is 1. The van der Waals surface area contributed by atoms with Crippen molar-refractivity contribution in [2.24, 2.45) is 4.99 Å². The Kier molecular flexibility index (Phi) is 9.11. The van der Waals surface area contributed by atoms with Gasteiger partial charge in [-0.05, 0) is 68.8 Å². The van der Waals surface area contributed by atoms with Gasteiger partial charge in [0, 0.05) is 29.2 Å². The Hall–Kier alpha value is -4.43. The van der Waals surface area contributed by atoms with Crippen molar-refractivity contribution in [1.82, 2.24) is 4.57 Å². The molecular formula is C33H32N2O5S. The van der Waals surface area contributed by atoms with Gasteiger partial charge in [0.25, 0.3) is 0 Å². The number of aryl methyl sites for hydroxylation is 1. The number of aromatic nitrogens is 1. The van der Waals surface area contributed by atoms with Gasteiger partial charge in [0.1, 0.15) is 27.9 Å². The van der Waals surface area contributed by atoms with E-state index in [4.69, 9.17) is 14.2 Å². The monoisotopic (exact) mass is 568 g/mol. The molecule has 7 nitrogen and oxygen atoms in total. The molecule has 0 spiro atoms. The number of fused-ring (bicyclic) bond motifs is 1. The van der Waals surface area contributed by atoms with Crippen molar-refractivity contribution in [3.05, 3.63) is 107 Å². The predicted molar refractivity (Wildman–Crippen MR) is 165 cm³/mol. The Labute approximate surface area is 243 Å². The molecule has 0 radical (unpaired) electrons. The minimum Gasteiger partial charge on any atom is -0.506 e. The second-order valence-electron chi connectivity index (χ2n) is 9.21. The number of ether oxygens (including phenoxy) is 3. The highest BCUT2D eigenvalue weighted by Gasteiger charge is 2.33. The minimum absolute atomic E-state index is 0.0683. The number of rotatable bonds is 11. The quantitative estimate of drug-likeness (QED) is 0.147. The molecule has 3 aromatic carbocycles. The Bertz CT molecular complexity index is 1600. The third-order valence-electron chi connectivity index (χ3n) is 6.41. The molecule has 0 unspecified atom stereocenters. The number of hydrogen-bond donors (Lipinski definition) is 1. The van der Waals surface area contributed by atoms with Crippen LogP contribution in [0.15, 0.2) is 106 Å². The summed E-state index contributed by atoms with van der Waals surface area (Å²) >= 11 is 1.25. The summed E-state index contributed by atoms with van der Waals surface area (Å²) in [6.07, 6.45) is 4.80. The van der Waals surface area contributed by atoms with Gasteiger partial charge in [0.2, 0.25) is 0 Å². The van der Waals surface area contributed by atoms with Crippen molar-refractivity contribution in [1.29, 1.82) is 0 Å². The van der Waals surface area contributed by atoms with Crippen LogP contribution in [0.5, 0.6) is 11.5 Å². The second kappa shape index (κ2) is 13.3. The maximum Gasteiger partial charge on any atom is 0.344 e. The number of para-hydroxylation sites is 2. The molecule has 210 valence electrons. The third kappa shape index (κ3) is 6.66. The van der Waals surface area contributed by atoms with Crippen LogP contribution in [0.25, 0.3) is 17.0 Å². The largest absolute Gasteiger partial charge is 0.506 e. The lowest BCUT2D eigenvalue weighted by Crippen LogP contribution is -2.12. The number of nitrogens with zero attached hydrogens (tertiary/aromatic N) is 2. The van der Waals surface area contributed by atoms with Crippen LogP contribution >= 0.6 is 11.8 Å². The highest BCUT2D eigenvalue weighted by atomic mass is 32.2. The first-order valence-corrected chi connectivity index (χ1v) is 14.5. The van der Waals surface area contributed by atoms with Gasteiger partial charge in [0.15, 0.2) is 0 Å². The van der Waals surface area contributed by atoms with Crippen LogP contribution in [0, 0.1) is 0 Å². The van der Waals surface area contributed by atoms with Crippen LogP contribution in [0.4, 0.5) is 5.69 Å². The maximum atomic E-state index is 12.9. The molecule has 8 heteroatoms. The van der Waals surface area contributed by atoms with Gasteiger partial charge in [-0.1, -0.05) is 48.2 Å². The fraction of sp³-hybridized carbons (Fsp3) is 0.212. The highest BCUT2D eigenvalue weighted by Crippen LogP contribution is 2.41. The number of carbonyl (C=O) groups excluding carboxylic acids is 1. The fourth-order valence-electron chi connectivity index (χ4n) is 4.55. The molecule has 1 aliphatic rings. The minimum atomic E-state index is -0.605. The zero-order valence-corrected chi connectivity index (χ0v) is 23.9. The van der Waals surface area contributed by atoms with Gasteiger partial charge in [0.05, 0.1) is 30.4 Å². The van der Waals surface area contributed by atoms with E-state index in [2.05, 4.69) is 27.9 Å². The SMILES string of the molecule is CCOC(=O)C1=C(O)/C(=C/c2cn(CCCOc3ccccc3)c3ccccc23)SC1=Nc1ccc(OCC)cc1. The van der Waals surface area contributed by atoms with E-state index in [0.29, 0.717) is 28.9 Å². The van der Waals surface area contributed by atoms with Crippen LogP contribution in [0.1, 0.15) is 25.8 Å². The zero-order valence-electron chi connectivity index (χ0n) is 23.1. The van der Waals surface area contributed by atoms with E-state index in [-0.39, 0.29) is 17.9 Å². The van der Waals surface area contributed by atoms with Crippen molar-refractivity contribution in [2.75, 3.05) is 19.8 Å². The van der Waals surface area contributed by atoms with Crippen LogP contribution in [-0.4, -0.2) is 40.5 Å². The predicted octanol–water partition coefficient (Wildman–Crippen LogP) is 7.70. The molecule has 1 aliphatic heterocycles. The fourth-order valence-corrected chi connectivity index (χ4v) is 5.58. The number of hydrogen-bond acceptors (Lipinski definition) is 7. The molecule has 1 aromatic heterocycles. The highest BCUT2D eigenvalue weighted by molar-refractivity contribution is 8.18. The Morgan fingerprint density at radius 2 is 1.66 bits per heavy atom. The lowest BCUT2D eigenvalue weighted by atomic mass is 10.1. The molecule has 0 saturated heterocycles. The molecule has 0 bridgehead atoms. The smallest absolute Gasteiger partial charge is 0.344 e. The molecular weight excluding hydrogens is 536 g/mol. The summed E-state index contributed by atoms with van der Waals surface area (Å²) in [5.74, 6) is 0.858. The van der Waals surface area contributed by atoms with Crippen LogP contribution in [-0.2, 0) is 16.1 Å². The summed E-state index contributed by atoms with van der Waals surface area (Å²) in [6.45, 7) is 5.78. The first kappa shape index (κ1) is 28.1. The number of esters is 1. The summed E-state index contributed by atoms with van der Waals surface area (Å²) in [6, 6.07) is 25.2. The van der Waals surface area contributed by atoms with Gasteiger partial charge in [-0.25, -0.2) is 9.79 Å². The topological polar surface area (TPSA) is 82.3 Å². The number of aliphatic imine (C=N–C) groups is 1. The van der Waals surface area contributed by atoms with Crippen LogP contribution in [0.3, 0.4) is 0 Å². The lowest BCUT2D eigenvalue weighted by Gasteiger charge is -2.07. The first-order valence-electron chi connectivity index (χ1n) is 13.6. The van der Waals surface area contributed by atoms with E-state index in [9.17, 15) is 9.90 Å². The van der Waals surface area contributed by atoms with Crippen molar-refractivity contribution >= 4 is 45.4 Å². The van der Waals surface area contributed by atoms with Gasteiger partial charge in [-0.3, -0.25) is 0 Å². The average Bonchev–Trinajstić information content (AvgIpc) is 3.49. The molecule has 0 fully saturated rings. The number of carbonyl (C=O) groups is 1. The van der Waals surface area contributed by atoms with Gasteiger partial charge in [-0.2, -0.15) is 0 Å². The van der Waals surface area contributed by atoms with Gasteiger partial charge >= 0.3 is 5.97 Å². The van der Waals surface area contributed by atoms with E-state index in [1.807, 2.05) is 79.7 Å². The third-order valence-corrected chi connectivity index (χ3v) is 7.43. The molecule has 2 heterocycles. The molecule has 0 atom stereocenters. The van der Waals surface area contributed by atoms with E-state index in [1.165, 1.54) is 11.8 Å². The van der Waals surface area contributed by atoms with Crippen molar-refractivity contribution < 1.29 is 24.1 Å². The standard InChI is InChI=1S/C33H32N2O5S/c1-3-38-26-17-15-24(16-18-26)34-32-30(33(37)39-4-2)31(36)29(41-32)21-23-22-35(28-14-9-8-13-27(23)28)19-10-20-40-25-11-6-5-7-12-25/h5-9,11-18,21-22,36H,3-4,10,19-20H2,1-2H3/b29-21-,34-32?. The molecule has 41 heavy (non-hydrogen) atoms. The van der Waals surface area contributed by atoms with E-state index < -0.39 is 5.97 Å². The Balaban J connectivity index is 1.42. The number of aliphatic hydroxyl groups is 1. The molecule has 0 aliphatic carbocycles. The van der Waals surface area contributed by atoms with Crippen molar-refractivity contribution in [2.45, 2.75) is 26.8 Å².